The van der Waals surface area contributed by atoms with Crippen molar-refractivity contribution in [2.75, 3.05) is 26.7 Å². The van der Waals surface area contributed by atoms with Crippen LogP contribution in [0.1, 0.15) is 36.0 Å². The Labute approximate surface area is 147 Å². The summed E-state index contributed by atoms with van der Waals surface area (Å²) >= 11 is 6.01. The van der Waals surface area contributed by atoms with Gasteiger partial charge in [-0.2, -0.15) is 0 Å². The number of halogens is 1. The molecular weight excluding hydrogens is 328 g/mol. The molecule has 6 heteroatoms. The minimum atomic E-state index is -0.0915. The zero-order chi connectivity index (χ0) is 17.1. The number of hydrogen-bond donors (Lipinski definition) is 1. The van der Waals surface area contributed by atoms with Crippen LogP contribution in [0.2, 0.25) is 5.02 Å². The number of ether oxygens (including phenoxy) is 1. The molecule has 3 rings (SSSR count). The van der Waals surface area contributed by atoms with E-state index in [0.29, 0.717) is 48.2 Å². The van der Waals surface area contributed by atoms with Gasteiger partial charge >= 0.3 is 0 Å². The predicted octanol–water partition coefficient (Wildman–Crippen LogP) is 2.73. The van der Waals surface area contributed by atoms with Gasteiger partial charge in [0.05, 0.1) is 12.7 Å². The lowest BCUT2D eigenvalue weighted by Crippen LogP contribution is -2.43. The SMILES string of the molecule is COc1ccc(Cl)cc1C(=O)N1CCC(C(=O)NCC2CC2)CC1. The van der Waals surface area contributed by atoms with Gasteiger partial charge < -0.3 is 15.0 Å². The highest BCUT2D eigenvalue weighted by atomic mass is 35.5. The molecule has 2 aliphatic rings. The first-order valence-electron chi connectivity index (χ1n) is 8.49. The smallest absolute Gasteiger partial charge is 0.257 e. The summed E-state index contributed by atoms with van der Waals surface area (Å²) in [5.74, 6) is 1.26. The van der Waals surface area contributed by atoms with Gasteiger partial charge in [-0.25, -0.2) is 0 Å². The van der Waals surface area contributed by atoms with Gasteiger partial charge in [0, 0.05) is 30.6 Å². The summed E-state index contributed by atoms with van der Waals surface area (Å²) in [5, 5.41) is 3.54. The van der Waals surface area contributed by atoms with Crippen LogP contribution < -0.4 is 10.1 Å². The number of nitrogens with one attached hydrogen (secondary N) is 1. The number of hydrogen-bond acceptors (Lipinski definition) is 3. The summed E-state index contributed by atoms with van der Waals surface area (Å²) in [7, 11) is 1.54. The van der Waals surface area contributed by atoms with Crippen molar-refractivity contribution >= 4 is 23.4 Å². The molecule has 1 aliphatic heterocycles. The van der Waals surface area contributed by atoms with Crippen molar-refractivity contribution in [3.05, 3.63) is 28.8 Å². The van der Waals surface area contributed by atoms with E-state index < -0.39 is 0 Å². The number of piperidine rings is 1. The third-order valence-electron chi connectivity index (χ3n) is 4.81. The molecule has 0 bridgehead atoms. The number of nitrogens with zero attached hydrogens (tertiary/aromatic N) is 1. The van der Waals surface area contributed by atoms with Crippen LogP contribution in [0.3, 0.4) is 0 Å². The molecule has 1 saturated carbocycles. The van der Waals surface area contributed by atoms with Crippen molar-refractivity contribution in [3.8, 4) is 5.75 Å². The highest BCUT2D eigenvalue weighted by Crippen LogP contribution is 2.28. The van der Waals surface area contributed by atoms with Crippen LogP contribution in [0, 0.1) is 11.8 Å². The Kier molecular flexibility index (Phi) is 5.29. The highest BCUT2D eigenvalue weighted by Gasteiger charge is 2.30. The highest BCUT2D eigenvalue weighted by molar-refractivity contribution is 6.31. The van der Waals surface area contributed by atoms with Gasteiger partial charge in [0.25, 0.3) is 5.91 Å². The molecule has 0 unspecified atom stereocenters. The monoisotopic (exact) mass is 350 g/mol. The minimum Gasteiger partial charge on any atom is -0.496 e. The second-order valence-corrected chi connectivity index (χ2v) is 7.04. The molecule has 0 aromatic heterocycles. The second kappa shape index (κ2) is 7.43. The zero-order valence-corrected chi connectivity index (χ0v) is 14.6. The van der Waals surface area contributed by atoms with Crippen molar-refractivity contribution in [2.45, 2.75) is 25.7 Å². The minimum absolute atomic E-state index is 0.00839. The fourth-order valence-corrected chi connectivity index (χ4v) is 3.25. The molecule has 1 aliphatic carbocycles. The fraction of sp³-hybridized carbons (Fsp3) is 0.556. The lowest BCUT2D eigenvalue weighted by Gasteiger charge is -2.31. The number of methoxy groups -OCH3 is 1. The molecule has 1 N–H and O–H groups in total. The Hall–Kier alpha value is -1.75. The predicted molar refractivity (Wildman–Crippen MR) is 92.4 cm³/mol. The maximum Gasteiger partial charge on any atom is 0.257 e. The number of benzene rings is 1. The van der Waals surface area contributed by atoms with E-state index in [1.165, 1.54) is 20.0 Å². The lowest BCUT2D eigenvalue weighted by atomic mass is 9.95. The summed E-state index contributed by atoms with van der Waals surface area (Å²) in [6, 6.07) is 5.04. The number of carbonyl (C=O) groups is 2. The first-order chi connectivity index (χ1) is 11.6. The molecule has 0 atom stereocenters. The van der Waals surface area contributed by atoms with E-state index in [2.05, 4.69) is 5.32 Å². The second-order valence-electron chi connectivity index (χ2n) is 6.60. The van der Waals surface area contributed by atoms with Crippen LogP contribution in [-0.2, 0) is 4.79 Å². The molecule has 130 valence electrons. The molecule has 2 amide bonds. The molecule has 24 heavy (non-hydrogen) atoms. The van der Waals surface area contributed by atoms with Gasteiger partial charge in [-0.3, -0.25) is 9.59 Å². The van der Waals surface area contributed by atoms with Crippen LogP contribution >= 0.6 is 11.6 Å². The average molecular weight is 351 g/mol. The lowest BCUT2D eigenvalue weighted by molar-refractivity contribution is -0.126. The molecule has 1 saturated heterocycles. The normalized spacial score (nSPS) is 18.3. The van der Waals surface area contributed by atoms with Crippen molar-refractivity contribution in [1.29, 1.82) is 0 Å². The summed E-state index contributed by atoms with van der Waals surface area (Å²) in [6.07, 6.45) is 3.86. The van der Waals surface area contributed by atoms with E-state index in [1.807, 2.05) is 0 Å². The fourth-order valence-electron chi connectivity index (χ4n) is 3.07. The van der Waals surface area contributed by atoms with Crippen LogP contribution in [0.15, 0.2) is 18.2 Å². The molecule has 5 nitrogen and oxygen atoms in total. The van der Waals surface area contributed by atoms with Crippen LogP contribution in [0.5, 0.6) is 5.75 Å². The average Bonchev–Trinajstić information content (AvgIpc) is 3.43. The molecule has 1 aromatic rings. The molecule has 0 radical (unpaired) electrons. The van der Waals surface area contributed by atoms with E-state index in [4.69, 9.17) is 16.3 Å². The van der Waals surface area contributed by atoms with Crippen molar-refractivity contribution < 1.29 is 14.3 Å². The van der Waals surface area contributed by atoms with Crippen molar-refractivity contribution in [1.82, 2.24) is 10.2 Å². The molecule has 2 fully saturated rings. The van der Waals surface area contributed by atoms with Gasteiger partial charge in [-0.05, 0) is 49.8 Å². The Bertz CT molecular complexity index is 623. The van der Waals surface area contributed by atoms with Gasteiger partial charge in [0.15, 0.2) is 0 Å². The molecule has 0 spiro atoms. The molecule has 1 aromatic carbocycles. The van der Waals surface area contributed by atoms with E-state index in [-0.39, 0.29) is 17.7 Å². The third-order valence-corrected chi connectivity index (χ3v) is 5.04. The number of carbonyl (C=O) groups excluding carboxylic acids is 2. The van der Waals surface area contributed by atoms with E-state index in [9.17, 15) is 9.59 Å². The maximum atomic E-state index is 12.7. The van der Waals surface area contributed by atoms with Gasteiger partial charge in [0.1, 0.15) is 5.75 Å². The first-order valence-corrected chi connectivity index (χ1v) is 8.87. The summed E-state index contributed by atoms with van der Waals surface area (Å²) in [5.41, 5.74) is 0.474. The van der Waals surface area contributed by atoms with Gasteiger partial charge in [-0.1, -0.05) is 11.6 Å². The zero-order valence-electron chi connectivity index (χ0n) is 13.9. The molecular formula is C18H23ClN2O3. The standard InChI is InChI=1S/C18H23ClN2O3/c1-24-16-5-4-14(19)10-15(16)18(23)21-8-6-13(7-9-21)17(22)20-11-12-2-3-12/h4-5,10,12-13H,2-3,6-9,11H2,1H3,(H,20,22). The van der Waals surface area contributed by atoms with Crippen LogP contribution in [0.4, 0.5) is 0 Å². The number of rotatable bonds is 5. The summed E-state index contributed by atoms with van der Waals surface area (Å²) in [6.45, 7) is 1.96. The Morgan fingerprint density at radius 3 is 2.58 bits per heavy atom. The van der Waals surface area contributed by atoms with Crippen molar-refractivity contribution in [3.63, 3.8) is 0 Å². The summed E-state index contributed by atoms with van der Waals surface area (Å²) < 4.78 is 5.26. The molecule has 1 heterocycles. The quantitative estimate of drug-likeness (QED) is 0.888. The number of amides is 2. The largest absolute Gasteiger partial charge is 0.496 e. The van der Waals surface area contributed by atoms with Crippen molar-refractivity contribution in [2.24, 2.45) is 11.8 Å². The Balaban J connectivity index is 1.56. The summed E-state index contributed by atoms with van der Waals surface area (Å²) in [4.78, 5) is 26.7. The van der Waals surface area contributed by atoms with E-state index in [1.54, 1.807) is 23.1 Å². The first kappa shape index (κ1) is 17.1. The Morgan fingerprint density at radius 2 is 1.96 bits per heavy atom. The van der Waals surface area contributed by atoms with Gasteiger partial charge in [-0.15, -0.1) is 0 Å². The van der Waals surface area contributed by atoms with Gasteiger partial charge in [0.2, 0.25) is 5.91 Å². The Morgan fingerprint density at radius 1 is 1.25 bits per heavy atom. The van der Waals surface area contributed by atoms with Crippen LogP contribution in [0.25, 0.3) is 0 Å². The van der Waals surface area contributed by atoms with E-state index >= 15 is 0 Å². The number of likely N-dealkylation sites (tertiary alicyclic amines) is 1. The third kappa shape index (κ3) is 4.01. The topological polar surface area (TPSA) is 58.6 Å². The van der Waals surface area contributed by atoms with Crippen LogP contribution in [-0.4, -0.2) is 43.5 Å². The maximum absolute atomic E-state index is 12.7. The van der Waals surface area contributed by atoms with E-state index in [0.717, 1.165) is 6.54 Å².